The molecule has 2 aliphatic heterocycles. The van der Waals surface area contributed by atoms with Gasteiger partial charge >= 0.3 is 6.09 Å². The minimum Gasteiger partial charge on any atom is -0.448 e. The lowest BCUT2D eigenvalue weighted by Gasteiger charge is -2.33. The number of cyclic esters (lactones) is 1. The summed E-state index contributed by atoms with van der Waals surface area (Å²) in [6.45, 7) is 0.376. The molecule has 0 aromatic rings. The van der Waals surface area contributed by atoms with E-state index in [9.17, 15) is 13.2 Å². The van der Waals surface area contributed by atoms with E-state index < -0.39 is 15.9 Å². The van der Waals surface area contributed by atoms with Gasteiger partial charge in [0.15, 0.2) is 9.84 Å². The highest BCUT2D eigenvalue weighted by molar-refractivity contribution is 7.91. The molecule has 6 nitrogen and oxygen atoms in total. The molecule has 0 saturated carbocycles. The van der Waals surface area contributed by atoms with E-state index in [2.05, 4.69) is 0 Å². The Kier molecular flexibility index (Phi) is 2.76. The number of carbonyl (C=O) groups is 1. The quantitative estimate of drug-likeness (QED) is 0.635. The van der Waals surface area contributed by atoms with E-state index >= 15 is 0 Å². The molecule has 0 radical (unpaired) electrons. The second-order valence-electron chi connectivity index (χ2n) is 4.11. The highest BCUT2D eigenvalue weighted by atomic mass is 32.2. The number of rotatable bonds is 1. The lowest BCUT2D eigenvalue weighted by atomic mass is 10.1. The van der Waals surface area contributed by atoms with Gasteiger partial charge in [0.05, 0.1) is 29.5 Å². The number of sulfone groups is 1. The van der Waals surface area contributed by atoms with Crippen LogP contribution in [0.1, 0.15) is 6.42 Å². The van der Waals surface area contributed by atoms with Crippen molar-refractivity contribution in [2.24, 2.45) is 5.92 Å². The summed E-state index contributed by atoms with van der Waals surface area (Å²) >= 11 is 0. The summed E-state index contributed by atoms with van der Waals surface area (Å²) in [6.07, 6.45) is -0.0659. The fourth-order valence-corrected chi connectivity index (χ4v) is 3.75. The predicted molar refractivity (Wildman–Crippen MR) is 54.2 cm³/mol. The Hall–Kier alpha value is -1.29. The number of carbonyl (C=O) groups excluding carboxylic acids is 1. The van der Waals surface area contributed by atoms with Crippen LogP contribution in [0.3, 0.4) is 0 Å². The van der Waals surface area contributed by atoms with Gasteiger partial charge in [-0.05, 0) is 6.42 Å². The minimum absolute atomic E-state index is 0.0136. The number of ether oxygens (including phenoxy) is 1. The summed E-state index contributed by atoms with van der Waals surface area (Å²) in [5.74, 6) is -0.264. The van der Waals surface area contributed by atoms with Crippen LogP contribution in [0.15, 0.2) is 0 Å². The third-order valence-corrected chi connectivity index (χ3v) is 4.64. The Balaban J connectivity index is 2.09. The van der Waals surface area contributed by atoms with Crippen molar-refractivity contribution < 1.29 is 17.9 Å². The zero-order chi connectivity index (χ0) is 11.8. The molecule has 0 bridgehead atoms. The number of hydrogen-bond donors (Lipinski definition) is 0. The second kappa shape index (κ2) is 3.94. The highest BCUT2D eigenvalue weighted by Gasteiger charge is 2.38. The molecule has 0 spiro atoms. The fraction of sp³-hybridized carbons (Fsp3) is 0.778. The van der Waals surface area contributed by atoms with Crippen molar-refractivity contribution in [3.05, 3.63) is 0 Å². The molecule has 2 fully saturated rings. The summed E-state index contributed by atoms with van der Waals surface area (Å²) in [5, 5.41) is 8.75. The van der Waals surface area contributed by atoms with E-state index in [1.807, 2.05) is 6.07 Å². The van der Waals surface area contributed by atoms with Crippen LogP contribution in [0.5, 0.6) is 0 Å². The zero-order valence-corrected chi connectivity index (χ0v) is 9.44. The SMILES string of the molecule is N#CC1COC(=O)N(C2CCS(=O)(=O)C2)C1. The Morgan fingerprint density at radius 3 is 2.81 bits per heavy atom. The van der Waals surface area contributed by atoms with Gasteiger partial charge in [-0.25, -0.2) is 13.2 Å². The molecule has 0 N–H and O–H groups in total. The van der Waals surface area contributed by atoms with Gasteiger partial charge in [0.1, 0.15) is 6.61 Å². The molecule has 2 unspecified atom stereocenters. The molecule has 2 saturated heterocycles. The average Bonchev–Trinajstić information content (AvgIpc) is 2.59. The van der Waals surface area contributed by atoms with Crippen LogP contribution < -0.4 is 0 Å². The maximum atomic E-state index is 11.5. The van der Waals surface area contributed by atoms with Gasteiger partial charge in [0.25, 0.3) is 0 Å². The fourth-order valence-electron chi connectivity index (χ4n) is 2.02. The third kappa shape index (κ3) is 2.11. The summed E-state index contributed by atoms with van der Waals surface area (Å²) in [6, 6.07) is 1.70. The van der Waals surface area contributed by atoms with Gasteiger partial charge in [0, 0.05) is 6.54 Å². The van der Waals surface area contributed by atoms with Crippen molar-refractivity contribution in [1.82, 2.24) is 4.90 Å². The topological polar surface area (TPSA) is 87.5 Å². The Morgan fingerprint density at radius 1 is 1.50 bits per heavy atom. The first-order chi connectivity index (χ1) is 7.52. The summed E-state index contributed by atoms with van der Waals surface area (Å²) < 4.78 is 27.4. The second-order valence-corrected chi connectivity index (χ2v) is 6.34. The largest absolute Gasteiger partial charge is 0.448 e. The number of hydrogen-bond acceptors (Lipinski definition) is 5. The highest BCUT2D eigenvalue weighted by Crippen LogP contribution is 2.22. The summed E-state index contributed by atoms with van der Waals surface area (Å²) in [5.41, 5.74) is 0. The molecule has 2 aliphatic rings. The predicted octanol–water partition coefficient (Wildman–Crippen LogP) is -0.235. The normalized spacial score (nSPS) is 33.2. The molecule has 0 aromatic carbocycles. The minimum atomic E-state index is -3.02. The Bertz CT molecular complexity index is 439. The molecule has 2 heterocycles. The van der Waals surface area contributed by atoms with E-state index in [0.29, 0.717) is 6.42 Å². The molecule has 16 heavy (non-hydrogen) atoms. The van der Waals surface area contributed by atoms with Gasteiger partial charge in [-0.1, -0.05) is 0 Å². The molecule has 7 heteroatoms. The van der Waals surface area contributed by atoms with Gasteiger partial charge in [-0.15, -0.1) is 0 Å². The van der Waals surface area contributed by atoms with Crippen molar-refractivity contribution in [3.63, 3.8) is 0 Å². The van der Waals surface area contributed by atoms with E-state index in [-0.39, 0.29) is 36.6 Å². The van der Waals surface area contributed by atoms with Crippen molar-refractivity contribution in [3.8, 4) is 6.07 Å². The van der Waals surface area contributed by atoms with Crippen molar-refractivity contribution in [2.75, 3.05) is 24.7 Å². The molecule has 2 rings (SSSR count). The van der Waals surface area contributed by atoms with E-state index in [4.69, 9.17) is 10.00 Å². The molecule has 88 valence electrons. The molecule has 0 aromatic heterocycles. The van der Waals surface area contributed by atoms with Gasteiger partial charge < -0.3 is 9.64 Å². The van der Waals surface area contributed by atoms with E-state index in [0.717, 1.165) is 0 Å². The van der Waals surface area contributed by atoms with Crippen LogP contribution in [-0.4, -0.2) is 50.1 Å². The maximum absolute atomic E-state index is 11.5. The zero-order valence-electron chi connectivity index (χ0n) is 8.63. The van der Waals surface area contributed by atoms with Crippen LogP contribution in [-0.2, 0) is 14.6 Å². The monoisotopic (exact) mass is 244 g/mol. The van der Waals surface area contributed by atoms with Crippen molar-refractivity contribution in [1.29, 1.82) is 5.26 Å². The summed E-state index contributed by atoms with van der Waals surface area (Å²) in [7, 11) is -3.02. The third-order valence-electron chi connectivity index (χ3n) is 2.89. The van der Waals surface area contributed by atoms with Crippen LogP contribution >= 0.6 is 0 Å². The molecular formula is C9H12N2O4S. The van der Waals surface area contributed by atoms with Crippen LogP contribution in [0.25, 0.3) is 0 Å². The molecular weight excluding hydrogens is 232 g/mol. The first-order valence-corrected chi connectivity index (χ1v) is 6.87. The van der Waals surface area contributed by atoms with E-state index in [1.165, 1.54) is 4.90 Å². The van der Waals surface area contributed by atoms with Gasteiger partial charge in [-0.2, -0.15) is 5.26 Å². The molecule has 1 amide bonds. The summed E-state index contributed by atoms with van der Waals surface area (Å²) in [4.78, 5) is 12.8. The van der Waals surface area contributed by atoms with Gasteiger partial charge in [-0.3, -0.25) is 0 Å². The van der Waals surface area contributed by atoms with Crippen LogP contribution in [0, 0.1) is 17.2 Å². The van der Waals surface area contributed by atoms with Gasteiger partial charge in [0.2, 0.25) is 0 Å². The molecule has 0 aliphatic carbocycles. The Morgan fingerprint density at radius 2 is 2.25 bits per heavy atom. The first kappa shape index (κ1) is 11.2. The lowest BCUT2D eigenvalue weighted by molar-refractivity contribution is 0.0432. The standard InChI is InChI=1S/C9H12N2O4S/c10-3-7-4-11(9(12)15-5-7)8-1-2-16(13,14)6-8/h7-8H,1-2,4-6H2. The van der Waals surface area contributed by atoms with Crippen LogP contribution in [0.4, 0.5) is 4.79 Å². The molecule has 2 atom stereocenters. The number of nitriles is 1. The number of amides is 1. The van der Waals surface area contributed by atoms with E-state index in [1.54, 1.807) is 0 Å². The maximum Gasteiger partial charge on any atom is 0.410 e. The van der Waals surface area contributed by atoms with Crippen molar-refractivity contribution in [2.45, 2.75) is 12.5 Å². The smallest absolute Gasteiger partial charge is 0.410 e. The number of nitrogens with zero attached hydrogens (tertiary/aromatic N) is 2. The first-order valence-electron chi connectivity index (χ1n) is 5.05. The Labute approximate surface area is 93.7 Å². The lowest BCUT2D eigenvalue weighted by Crippen LogP contribution is -2.48. The van der Waals surface area contributed by atoms with Crippen molar-refractivity contribution >= 4 is 15.9 Å². The average molecular weight is 244 g/mol. The van der Waals surface area contributed by atoms with Crippen LogP contribution in [0.2, 0.25) is 0 Å².